The van der Waals surface area contributed by atoms with E-state index in [1.54, 1.807) is 0 Å². The molecule has 1 unspecified atom stereocenters. The van der Waals surface area contributed by atoms with Gasteiger partial charge in [-0.3, -0.25) is 0 Å². The summed E-state index contributed by atoms with van der Waals surface area (Å²) < 4.78 is 157. The molecule has 0 aliphatic carbocycles. The molecule has 0 saturated heterocycles. The molecule has 0 aliphatic heterocycles. The summed E-state index contributed by atoms with van der Waals surface area (Å²) in [4.78, 5) is 0. The third-order valence-electron chi connectivity index (χ3n) is 3.41. The van der Waals surface area contributed by atoms with Crippen LogP contribution in [0.15, 0.2) is 6.07 Å². The molecule has 150 valence electrons. The van der Waals surface area contributed by atoms with E-state index in [9.17, 15) is 52.7 Å². The Kier molecular flexibility index (Phi) is 5.59. The Morgan fingerprint density at radius 2 is 1.04 bits per heavy atom. The van der Waals surface area contributed by atoms with Crippen LogP contribution in [0.3, 0.4) is 0 Å². The predicted octanol–water partition coefficient (Wildman–Crippen LogP) is 6.04. The average molecular weight is 407 g/mol. The normalized spacial score (nSPS) is 15.3. The minimum atomic E-state index is -6.21. The number of benzene rings is 1. The second-order valence-corrected chi connectivity index (χ2v) is 5.14. The van der Waals surface area contributed by atoms with Gasteiger partial charge in [0.05, 0.1) is 22.3 Å². The van der Waals surface area contributed by atoms with Crippen molar-refractivity contribution >= 4 is 0 Å². The highest BCUT2D eigenvalue weighted by Gasteiger charge is 2.54. The zero-order valence-corrected chi connectivity index (χ0v) is 12.7. The van der Waals surface area contributed by atoms with E-state index in [2.05, 4.69) is 0 Å². The van der Waals surface area contributed by atoms with Gasteiger partial charge in [0.1, 0.15) is 0 Å². The molecule has 0 spiro atoms. The second kappa shape index (κ2) is 6.50. The van der Waals surface area contributed by atoms with Crippen LogP contribution in [0.25, 0.3) is 0 Å². The Morgan fingerprint density at radius 1 is 0.654 bits per heavy atom. The largest absolute Gasteiger partial charge is 0.417 e. The highest BCUT2D eigenvalue weighted by Crippen LogP contribution is 2.52. The summed E-state index contributed by atoms with van der Waals surface area (Å²) in [5.74, 6) is 0. The molecule has 0 aliphatic rings. The van der Waals surface area contributed by atoms with E-state index in [-0.39, 0.29) is 0 Å². The van der Waals surface area contributed by atoms with Crippen molar-refractivity contribution in [2.24, 2.45) is 0 Å². The molecule has 1 nitrogen and oxygen atoms in total. The first-order chi connectivity index (χ1) is 11.3. The fourth-order valence-corrected chi connectivity index (χ4v) is 2.34. The quantitative estimate of drug-likeness (QED) is 0.590. The Labute approximate surface area is 138 Å². The molecule has 13 heteroatoms. The van der Waals surface area contributed by atoms with Crippen LogP contribution < -0.4 is 5.32 Å². The lowest BCUT2D eigenvalue weighted by atomic mass is 9.86. The standard InChI is InChI=1S/C13H9F12N/c1-4(26-2)7-5(10(14,15)16)3-6(11(17,18)19)8(12(20,21)22)9(7)13(23,24)25/h3-4,26H,1-2H3. The summed E-state index contributed by atoms with van der Waals surface area (Å²) in [6, 6.07) is -2.92. The fraction of sp³-hybridized carbons (Fsp3) is 0.538. The summed E-state index contributed by atoms with van der Waals surface area (Å²) in [5, 5.41) is 1.89. The highest BCUT2D eigenvalue weighted by atomic mass is 19.4. The van der Waals surface area contributed by atoms with Crippen LogP contribution in [0.4, 0.5) is 52.7 Å². The molecule has 0 radical (unpaired) electrons. The molecule has 0 saturated carbocycles. The fourth-order valence-electron chi connectivity index (χ4n) is 2.34. The van der Waals surface area contributed by atoms with Crippen molar-refractivity contribution in [1.29, 1.82) is 0 Å². The van der Waals surface area contributed by atoms with Gasteiger partial charge in [-0.25, -0.2) is 0 Å². The minimum absolute atomic E-state index is 0.660. The van der Waals surface area contributed by atoms with Gasteiger partial charge in [0.25, 0.3) is 0 Å². The third kappa shape index (κ3) is 4.35. The maximum atomic E-state index is 13.2. The van der Waals surface area contributed by atoms with Crippen molar-refractivity contribution in [3.8, 4) is 0 Å². The number of alkyl halides is 12. The predicted molar refractivity (Wildman–Crippen MR) is 63.9 cm³/mol. The summed E-state index contributed by atoms with van der Waals surface area (Å²) in [6.07, 6.45) is -24.2. The summed E-state index contributed by atoms with van der Waals surface area (Å²) in [5.41, 5.74) is -13.7. The minimum Gasteiger partial charge on any atom is -0.313 e. The number of nitrogens with one attached hydrogen (secondary N) is 1. The van der Waals surface area contributed by atoms with Gasteiger partial charge in [-0.2, -0.15) is 52.7 Å². The Balaban J connectivity index is 4.33. The molecule has 26 heavy (non-hydrogen) atoms. The number of hydrogen-bond acceptors (Lipinski definition) is 1. The van der Waals surface area contributed by atoms with Gasteiger partial charge >= 0.3 is 24.7 Å². The topological polar surface area (TPSA) is 12.0 Å². The maximum absolute atomic E-state index is 13.2. The molecule has 1 atom stereocenters. The molecule has 0 amide bonds. The van der Waals surface area contributed by atoms with E-state index in [0.717, 1.165) is 7.05 Å². The van der Waals surface area contributed by atoms with E-state index in [1.807, 2.05) is 5.32 Å². The van der Waals surface area contributed by atoms with Crippen LogP contribution in [0, 0.1) is 0 Å². The number of rotatable bonds is 2. The van der Waals surface area contributed by atoms with Crippen LogP contribution in [0.1, 0.15) is 40.8 Å². The molecule has 1 rings (SSSR count). The molecule has 1 aromatic rings. The molecular weight excluding hydrogens is 398 g/mol. The monoisotopic (exact) mass is 407 g/mol. The van der Waals surface area contributed by atoms with Gasteiger partial charge in [-0.1, -0.05) is 0 Å². The highest BCUT2D eigenvalue weighted by molar-refractivity contribution is 5.52. The first-order valence-corrected chi connectivity index (χ1v) is 6.50. The molecule has 0 aromatic heterocycles. The maximum Gasteiger partial charge on any atom is 0.417 e. The first kappa shape index (κ1) is 22.4. The second-order valence-electron chi connectivity index (χ2n) is 5.14. The van der Waals surface area contributed by atoms with E-state index >= 15 is 0 Å². The van der Waals surface area contributed by atoms with Crippen LogP contribution in [0.5, 0.6) is 0 Å². The molecular formula is C13H9F12N. The Morgan fingerprint density at radius 3 is 1.31 bits per heavy atom. The Hall–Kier alpha value is -1.66. The molecule has 0 fully saturated rings. The summed E-state index contributed by atoms with van der Waals surface area (Å²) >= 11 is 0. The van der Waals surface area contributed by atoms with Gasteiger partial charge in [0.2, 0.25) is 0 Å². The van der Waals surface area contributed by atoms with Gasteiger partial charge in [-0.15, -0.1) is 0 Å². The van der Waals surface area contributed by atoms with Crippen LogP contribution >= 0.6 is 0 Å². The van der Waals surface area contributed by atoms with Crippen molar-refractivity contribution in [3.63, 3.8) is 0 Å². The van der Waals surface area contributed by atoms with Gasteiger partial charge < -0.3 is 5.32 Å². The number of halogens is 12. The van der Waals surface area contributed by atoms with Crippen molar-refractivity contribution in [2.75, 3.05) is 7.05 Å². The van der Waals surface area contributed by atoms with E-state index < -0.39 is 64.6 Å². The molecule has 1 aromatic carbocycles. The van der Waals surface area contributed by atoms with Crippen molar-refractivity contribution in [3.05, 3.63) is 33.9 Å². The van der Waals surface area contributed by atoms with Crippen LogP contribution in [-0.4, -0.2) is 7.05 Å². The zero-order valence-electron chi connectivity index (χ0n) is 12.7. The van der Waals surface area contributed by atoms with Gasteiger partial charge in [-0.05, 0) is 25.6 Å². The van der Waals surface area contributed by atoms with Crippen LogP contribution in [-0.2, 0) is 24.7 Å². The van der Waals surface area contributed by atoms with Crippen molar-refractivity contribution in [2.45, 2.75) is 37.7 Å². The van der Waals surface area contributed by atoms with Gasteiger partial charge in [0, 0.05) is 6.04 Å². The van der Waals surface area contributed by atoms with Crippen molar-refractivity contribution in [1.82, 2.24) is 5.32 Å². The van der Waals surface area contributed by atoms with Crippen LogP contribution in [0.2, 0.25) is 0 Å². The smallest absolute Gasteiger partial charge is 0.313 e. The SMILES string of the molecule is CNC(C)c1c(C(F)(F)F)cc(C(F)(F)F)c(C(F)(F)F)c1C(F)(F)F. The summed E-state index contributed by atoms with van der Waals surface area (Å²) in [7, 11) is 0.843. The lowest BCUT2D eigenvalue weighted by Crippen LogP contribution is -2.30. The lowest BCUT2D eigenvalue weighted by molar-refractivity contribution is -0.176. The van der Waals surface area contributed by atoms with E-state index in [1.165, 1.54) is 0 Å². The van der Waals surface area contributed by atoms with Gasteiger partial charge in [0.15, 0.2) is 0 Å². The van der Waals surface area contributed by atoms with E-state index in [0.29, 0.717) is 6.92 Å². The average Bonchev–Trinajstić information content (AvgIpc) is 2.40. The van der Waals surface area contributed by atoms with E-state index in [4.69, 9.17) is 0 Å². The lowest BCUT2D eigenvalue weighted by Gasteiger charge is -2.28. The Bertz CT molecular complexity index is 662. The third-order valence-corrected chi connectivity index (χ3v) is 3.41. The molecule has 0 heterocycles. The summed E-state index contributed by atoms with van der Waals surface area (Å²) in [6.45, 7) is 0.660. The zero-order chi connectivity index (χ0) is 20.9. The first-order valence-electron chi connectivity index (χ1n) is 6.50. The number of hydrogen-bond donors (Lipinski definition) is 1. The van der Waals surface area contributed by atoms with Crippen molar-refractivity contribution < 1.29 is 52.7 Å². The molecule has 0 bridgehead atoms. The molecule has 1 N–H and O–H groups in total.